The van der Waals surface area contributed by atoms with Gasteiger partial charge in [0.15, 0.2) is 0 Å². The second kappa shape index (κ2) is 5.00. The Kier molecular flexibility index (Phi) is 3.53. The number of nitro groups is 2. The number of halogens is 1. The van der Waals surface area contributed by atoms with E-state index in [1.807, 2.05) is 0 Å². The molecule has 0 fully saturated rings. The summed E-state index contributed by atoms with van der Waals surface area (Å²) in [6, 6.07) is 2.32. The molecule has 9 heteroatoms. The highest BCUT2D eigenvalue weighted by atomic mass is 79.9. The summed E-state index contributed by atoms with van der Waals surface area (Å²) in [6.07, 6.45) is 0. The smallest absolute Gasteiger partial charge is 0.336 e. The first-order valence-electron chi connectivity index (χ1n) is 5.32. The second-order valence-corrected chi connectivity index (χ2v) is 4.55. The van der Waals surface area contributed by atoms with Crippen LogP contribution in [-0.4, -0.2) is 9.85 Å². The van der Waals surface area contributed by atoms with Gasteiger partial charge in [-0.15, -0.1) is 0 Å². The highest BCUT2D eigenvalue weighted by Crippen LogP contribution is 2.36. The summed E-state index contributed by atoms with van der Waals surface area (Å²) >= 11 is 3.13. The summed E-state index contributed by atoms with van der Waals surface area (Å²) in [5, 5.41) is 22.5. The summed E-state index contributed by atoms with van der Waals surface area (Å²) in [5.41, 5.74) is -1.71. The van der Waals surface area contributed by atoms with Crippen molar-refractivity contribution >= 4 is 38.3 Å². The Morgan fingerprint density at radius 1 is 1.25 bits per heavy atom. The molecule has 0 spiro atoms. The van der Waals surface area contributed by atoms with Crippen LogP contribution < -0.4 is 5.63 Å². The Morgan fingerprint density at radius 3 is 2.40 bits per heavy atom. The molecule has 0 aliphatic rings. The number of benzene rings is 1. The Hall–Kier alpha value is -2.29. The van der Waals surface area contributed by atoms with E-state index in [0.29, 0.717) is 5.56 Å². The normalized spacial score (nSPS) is 10.7. The van der Waals surface area contributed by atoms with Gasteiger partial charge in [-0.1, -0.05) is 15.9 Å². The number of nitro benzene ring substituents is 2. The monoisotopic (exact) mass is 342 g/mol. The van der Waals surface area contributed by atoms with Crippen LogP contribution in [-0.2, 0) is 5.33 Å². The Morgan fingerprint density at radius 2 is 1.90 bits per heavy atom. The van der Waals surface area contributed by atoms with E-state index in [2.05, 4.69) is 15.9 Å². The van der Waals surface area contributed by atoms with Gasteiger partial charge in [0, 0.05) is 22.8 Å². The molecule has 0 radical (unpaired) electrons. The molecule has 0 N–H and O–H groups in total. The van der Waals surface area contributed by atoms with Gasteiger partial charge < -0.3 is 4.42 Å². The van der Waals surface area contributed by atoms with Gasteiger partial charge in [0.1, 0.15) is 5.56 Å². The van der Waals surface area contributed by atoms with Crippen LogP contribution >= 0.6 is 15.9 Å². The van der Waals surface area contributed by atoms with Crippen LogP contribution in [0.15, 0.2) is 21.3 Å². The highest BCUT2D eigenvalue weighted by molar-refractivity contribution is 9.08. The van der Waals surface area contributed by atoms with E-state index in [4.69, 9.17) is 4.42 Å². The lowest BCUT2D eigenvalue weighted by atomic mass is 10.0. The molecule has 1 aromatic heterocycles. The van der Waals surface area contributed by atoms with E-state index in [1.165, 1.54) is 13.0 Å². The molecule has 104 valence electrons. The average Bonchev–Trinajstić information content (AvgIpc) is 2.35. The minimum atomic E-state index is -0.786. The third-order valence-corrected chi connectivity index (χ3v) is 3.45. The molecule has 1 aromatic carbocycles. The molecule has 0 amide bonds. The molecule has 0 saturated carbocycles. The van der Waals surface area contributed by atoms with Crippen LogP contribution in [0.1, 0.15) is 11.1 Å². The van der Waals surface area contributed by atoms with Crippen LogP contribution in [0, 0.1) is 27.2 Å². The first-order chi connectivity index (χ1) is 9.36. The van der Waals surface area contributed by atoms with Gasteiger partial charge in [-0.05, 0) is 12.5 Å². The van der Waals surface area contributed by atoms with E-state index >= 15 is 0 Å². The molecule has 0 atom stereocenters. The van der Waals surface area contributed by atoms with Gasteiger partial charge in [0.05, 0.1) is 9.85 Å². The molecule has 2 rings (SSSR count). The van der Waals surface area contributed by atoms with Crippen molar-refractivity contribution in [1.29, 1.82) is 0 Å². The third kappa shape index (κ3) is 2.16. The number of alkyl halides is 1. The summed E-state index contributed by atoms with van der Waals surface area (Å²) in [7, 11) is 0. The SMILES string of the molecule is Cc1c([N+](=O)[O-])cc2c(CBr)cc(=O)oc2c1[N+](=O)[O-]. The summed E-state index contributed by atoms with van der Waals surface area (Å²) in [6.45, 7) is 1.25. The standard InChI is InChI=1S/C11H7BrN2O6/c1-5-8(13(16)17)3-7-6(4-12)2-9(15)20-11(7)10(5)14(18)19/h2-3H,4H2,1H3. The van der Waals surface area contributed by atoms with Gasteiger partial charge in [-0.2, -0.15) is 0 Å². The maximum Gasteiger partial charge on any atom is 0.336 e. The van der Waals surface area contributed by atoms with Gasteiger partial charge in [0.2, 0.25) is 5.58 Å². The zero-order valence-electron chi connectivity index (χ0n) is 10.1. The minimum Gasteiger partial charge on any atom is -0.415 e. The van der Waals surface area contributed by atoms with Crippen molar-refractivity contribution in [2.75, 3.05) is 0 Å². The first-order valence-corrected chi connectivity index (χ1v) is 6.44. The van der Waals surface area contributed by atoms with E-state index in [9.17, 15) is 25.0 Å². The summed E-state index contributed by atoms with van der Waals surface area (Å²) in [5.74, 6) is 0. The molecule has 2 aromatic rings. The molecule has 8 nitrogen and oxygen atoms in total. The predicted molar refractivity (Wildman–Crippen MR) is 73.2 cm³/mol. The highest BCUT2D eigenvalue weighted by Gasteiger charge is 2.28. The van der Waals surface area contributed by atoms with Crippen molar-refractivity contribution in [2.45, 2.75) is 12.3 Å². The number of hydrogen-bond donors (Lipinski definition) is 0. The number of nitrogens with zero attached hydrogens (tertiary/aromatic N) is 2. The Bertz CT molecular complexity index is 798. The van der Waals surface area contributed by atoms with Gasteiger partial charge in [-0.3, -0.25) is 20.2 Å². The Balaban J connectivity index is 3.08. The third-order valence-electron chi connectivity index (χ3n) is 2.84. The lowest BCUT2D eigenvalue weighted by molar-refractivity contribution is -0.394. The molecule has 0 unspecified atom stereocenters. The molecule has 1 heterocycles. The molecule has 0 bridgehead atoms. The van der Waals surface area contributed by atoms with Gasteiger partial charge in [-0.25, -0.2) is 4.79 Å². The van der Waals surface area contributed by atoms with Crippen LogP contribution in [0.5, 0.6) is 0 Å². The fourth-order valence-electron chi connectivity index (χ4n) is 1.94. The van der Waals surface area contributed by atoms with Crippen molar-refractivity contribution in [3.8, 4) is 0 Å². The summed E-state index contributed by atoms with van der Waals surface area (Å²) in [4.78, 5) is 32.1. The van der Waals surface area contributed by atoms with E-state index in [0.717, 1.165) is 6.07 Å². The number of fused-ring (bicyclic) bond motifs is 1. The molecule has 0 saturated heterocycles. The van der Waals surface area contributed by atoms with Gasteiger partial charge in [0.25, 0.3) is 5.69 Å². The van der Waals surface area contributed by atoms with Crippen molar-refractivity contribution in [3.63, 3.8) is 0 Å². The average molecular weight is 343 g/mol. The zero-order chi connectivity index (χ0) is 15.0. The number of hydrogen-bond acceptors (Lipinski definition) is 6. The van der Waals surface area contributed by atoms with Crippen LogP contribution in [0.2, 0.25) is 0 Å². The molecular formula is C11H7BrN2O6. The number of rotatable bonds is 3. The predicted octanol–water partition coefficient (Wildman–Crippen LogP) is 2.81. The quantitative estimate of drug-likeness (QED) is 0.366. The lowest BCUT2D eigenvalue weighted by Crippen LogP contribution is -2.04. The van der Waals surface area contributed by atoms with Crippen LogP contribution in [0.3, 0.4) is 0 Å². The topological polar surface area (TPSA) is 116 Å². The van der Waals surface area contributed by atoms with E-state index in [-0.39, 0.29) is 27.6 Å². The molecule has 0 aliphatic heterocycles. The largest absolute Gasteiger partial charge is 0.415 e. The molecule has 20 heavy (non-hydrogen) atoms. The van der Waals surface area contributed by atoms with Crippen molar-refractivity contribution in [3.05, 3.63) is 53.9 Å². The van der Waals surface area contributed by atoms with Crippen LogP contribution in [0.4, 0.5) is 11.4 Å². The first kappa shape index (κ1) is 14.1. The van der Waals surface area contributed by atoms with Crippen LogP contribution in [0.25, 0.3) is 11.0 Å². The van der Waals surface area contributed by atoms with Gasteiger partial charge >= 0.3 is 11.3 Å². The Labute approximate surface area is 119 Å². The minimum absolute atomic E-state index is 0.151. The van der Waals surface area contributed by atoms with Crippen molar-refractivity contribution in [2.24, 2.45) is 0 Å². The maximum absolute atomic E-state index is 11.4. The fraction of sp³-hybridized carbons (Fsp3) is 0.182. The molecule has 0 aliphatic carbocycles. The zero-order valence-corrected chi connectivity index (χ0v) is 11.7. The lowest BCUT2D eigenvalue weighted by Gasteiger charge is -2.05. The molecular weight excluding hydrogens is 336 g/mol. The summed E-state index contributed by atoms with van der Waals surface area (Å²) < 4.78 is 4.87. The van der Waals surface area contributed by atoms with Crippen molar-refractivity contribution in [1.82, 2.24) is 0 Å². The van der Waals surface area contributed by atoms with Crippen molar-refractivity contribution < 1.29 is 14.3 Å². The van der Waals surface area contributed by atoms with E-state index < -0.39 is 21.2 Å². The fourth-order valence-corrected chi connectivity index (χ4v) is 2.41. The maximum atomic E-state index is 11.4. The van der Waals surface area contributed by atoms with E-state index in [1.54, 1.807) is 0 Å². The second-order valence-electron chi connectivity index (χ2n) is 3.98.